The summed E-state index contributed by atoms with van der Waals surface area (Å²) in [5.74, 6) is 2.33. The Labute approximate surface area is 101 Å². The maximum atomic E-state index is 5.69. The molecule has 2 aromatic rings. The molecule has 3 nitrogen and oxygen atoms in total. The van der Waals surface area contributed by atoms with Gasteiger partial charge in [0.2, 0.25) is 0 Å². The van der Waals surface area contributed by atoms with Crippen LogP contribution in [0.25, 0.3) is 0 Å². The fourth-order valence-electron chi connectivity index (χ4n) is 1.43. The van der Waals surface area contributed by atoms with E-state index < -0.39 is 0 Å². The summed E-state index contributed by atoms with van der Waals surface area (Å²) in [6, 6.07) is 17.2. The van der Waals surface area contributed by atoms with E-state index in [9.17, 15) is 0 Å². The van der Waals surface area contributed by atoms with Crippen LogP contribution in [0.4, 0.5) is 0 Å². The largest absolute Gasteiger partial charge is 0.492 e. The fraction of sp³-hybridized carbons (Fsp3) is 0.143. The van der Waals surface area contributed by atoms with E-state index in [4.69, 9.17) is 15.2 Å². The Morgan fingerprint density at radius 1 is 0.824 bits per heavy atom. The van der Waals surface area contributed by atoms with E-state index in [1.165, 1.54) is 0 Å². The minimum Gasteiger partial charge on any atom is -0.492 e. The van der Waals surface area contributed by atoms with E-state index in [2.05, 4.69) is 0 Å². The number of hydrogen-bond acceptors (Lipinski definition) is 3. The summed E-state index contributed by atoms with van der Waals surface area (Å²) in [6.45, 7) is 1.01. The third-order valence-electron chi connectivity index (χ3n) is 2.17. The van der Waals surface area contributed by atoms with Crippen molar-refractivity contribution in [3.05, 3.63) is 54.6 Å². The van der Waals surface area contributed by atoms with Crippen LogP contribution in [0.5, 0.6) is 17.2 Å². The molecule has 0 aliphatic carbocycles. The highest BCUT2D eigenvalue weighted by molar-refractivity contribution is 5.36. The first-order valence-electron chi connectivity index (χ1n) is 5.54. The zero-order valence-corrected chi connectivity index (χ0v) is 9.50. The highest BCUT2D eigenvalue weighted by Crippen LogP contribution is 2.24. The van der Waals surface area contributed by atoms with E-state index >= 15 is 0 Å². The summed E-state index contributed by atoms with van der Waals surface area (Å²) in [7, 11) is 0. The molecule has 17 heavy (non-hydrogen) atoms. The van der Waals surface area contributed by atoms with Gasteiger partial charge in [-0.2, -0.15) is 0 Å². The number of para-hydroxylation sites is 1. The summed E-state index contributed by atoms with van der Waals surface area (Å²) < 4.78 is 11.1. The molecule has 0 heterocycles. The second-order valence-corrected chi connectivity index (χ2v) is 3.53. The van der Waals surface area contributed by atoms with Crippen molar-refractivity contribution < 1.29 is 9.47 Å². The molecule has 0 saturated heterocycles. The number of rotatable bonds is 5. The summed E-state index contributed by atoms with van der Waals surface area (Å²) >= 11 is 0. The zero-order chi connectivity index (χ0) is 11.9. The molecule has 0 aliphatic heterocycles. The van der Waals surface area contributed by atoms with Gasteiger partial charge in [0.1, 0.15) is 23.9 Å². The van der Waals surface area contributed by atoms with Gasteiger partial charge in [0.05, 0.1) is 0 Å². The van der Waals surface area contributed by atoms with Crippen LogP contribution in [-0.4, -0.2) is 13.2 Å². The van der Waals surface area contributed by atoms with Gasteiger partial charge in [-0.15, -0.1) is 0 Å². The van der Waals surface area contributed by atoms with Gasteiger partial charge in [0.15, 0.2) is 0 Å². The summed E-state index contributed by atoms with van der Waals surface area (Å²) in [5.41, 5.74) is 5.38. The van der Waals surface area contributed by atoms with Crippen LogP contribution < -0.4 is 15.2 Å². The van der Waals surface area contributed by atoms with Crippen LogP contribution in [0.1, 0.15) is 0 Å². The molecule has 0 amide bonds. The van der Waals surface area contributed by atoms with Gasteiger partial charge in [-0.05, 0) is 24.3 Å². The molecule has 0 unspecified atom stereocenters. The Bertz CT molecular complexity index is 457. The van der Waals surface area contributed by atoms with Crippen molar-refractivity contribution >= 4 is 0 Å². The van der Waals surface area contributed by atoms with E-state index in [-0.39, 0.29) is 0 Å². The van der Waals surface area contributed by atoms with Crippen LogP contribution in [0, 0.1) is 0 Å². The SMILES string of the molecule is NCCOc1cccc(Oc2ccccc2)c1. The predicted octanol–water partition coefficient (Wildman–Crippen LogP) is 2.82. The second kappa shape index (κ2) is 5.92. The van der Waals surface area contributed by atoms with E-state index in [1.54, 1.807) is 0 Å². The first-order chi connectivity index (χ1) is 8.38. The molecule has 0 atom stereocenters. The molecule has 0 saturated carbocycles. The van der Waals surface area contributed by atoms with E-state index in [0.29, 0.717) is 13.2 Å². The molecular formula is C14H15NO2. The second-order valence-electron chi connectivity index (χ2n) is 3.53. The van der Waals surface area contributed by atoms with Crippen molar-refractivity contribution in [3.63, 3.8) is 0 Å². The lowest BCUT2D eigenvalue weighted by Crippen LogP contribution is -2.10. The lowest BCUT2D eigenvalue weighted by Gasteiger charge is -2.08. The lowest BCUT2D eigenvalue weighted by molar-refractivity contribution is 0.326. The van der Waals surface area contributed by atoms with Crippen LogP contribution in [0.15, 0.2) is 54.6 Å². The maximum Gasteiger partial charge on any atom is 0.131 e. The number of hydrogen-bond donors (Lipinski definition) is 1. The average molecular weight is 229 g/mol. The summed E-state index contributed by atoms with van der Waals surface area (Å²) in [4.78, 5) is 0. The van der Waals surface area contributed by atoms with Crippen molar-refractivity contribution in [2.75, 3.05) is 13.2 Å². The molecule has 2 aromatic carbocycles. The van der Waals surface area contributed by atoms with Crippen molar-refractivity contribution in [1.82, 2.24) is 0 Å². The van der Waals surface area contributed by atoms with Gasteiger partial charge in [-0.3, -0.25) is 0 Å². The summed E-state index contributed by atoms with van der Waals surface area (Å²) in [6.07, 6.45) is 0. The van der Waals surface area contributed by atoms with Gasteiger partial charge < -0.3 is 15.2 Å². The minimum absolute atomic E-state index is 0.504. The number of benzene rings is 2. The number of ether oxygens (including phenoxy) is 2. The first kappa shape index (κ1) is 11.5. The molecule has 0 bridgehead atoms. The third-order valence-corrected chi connectivity index (χ3v) is 2.17. The molecule has 0 fully saturated rings. The molecule has 0 aromatic heterocycles. The zero-order valence-electron chi connectivity index (χ0n) is 9.50. The molecule has 0 spiro atoms. The minimum atomic E-state index is 0.504. The van der Waals surface area contributed by atoms with E-state index in [0.717, 1.165) is 17.2 Å². The Morgan fingerprint density at radius 2 is 1.53 bits per heavy atom. The normalized spacial score (nSPS) is 9.94. The van der Waals surface area contributed by atoms with Crippen molar-refractivity contribution in [2.24, 2.45) is 5.73 Å². The molecular weight excluding hydrogens is 214 g/mol. The van der Waals surface area contributed by atoms with Gasteiger partial charge in [0, 0.05) is 12.6 Å². The van der Waals surface area contributed by atoms with Crippen LogP contribution in [0.3, 0.4) is 0 Å². The highest BCUT2D eigenvalue weighted by atomic mass is 16.5. The predicted molar refractivity (Wildman–Crippen MR) is 67.5 cm³/mol. The lowest BCUT2D eigenvalue weighted by atomic mass is 10.3. The first-order valence-corrected chi connectivity index (χ1v) is 5.54. The third kappa shape index (κ3) is 3.50. The Hall–Kier alpha value is -2.00. The van der Waals surface area contributed by atoms with Gasteiger partial charge in [0.25, 0.3) is 0 Å². The van der Waals surface area contributed by atoms with Crippen molar-refractivity contribution in [1.29, 1.82) is 0 Å². The Kier molecular flexibility index (Phi) is 4.00. The van der Waals surface area contributed by atoms with Crippen LogP contribution in [0.2, 0.25) is 0 Å². The molecule has 3 heteroatoms. The molecule has 88 valence electrons. The van der Waals surface area contributed by atoms with Crippen molar-refractivity contribution in [2.45, 2.75) is 0 Å². The standard InChI is InChI=1S/C14H15NO2/c15-9-10-16-13-7-4-8-14(11-13)17-12-5-2-1-3-6-12/h1-8,11H,9-10,15H2. The highest BCUT2D eigenvalue weighted by Gasteiger charge is 1.99. The fourth-order valence-corrected chi connectivity index (χ4v) is 1.43. The van der Waals surface area contributed by atoms with Gasteiger partial charge in [-0.1, -0.05) is 24.3 Å². The topological polar surface area (TPSA) is 44.5 Å². The molecule has 2 N–H and O–H groups in total. The smallest absolute Gasteiger partial charge is 0.131 e. The molecule has 0 radical (unpaired) electrons. The molecule has 0 aliphatic rings. The Balaban J connectivity index is 2.06. The summed E-state index contributed by atoms with van der Waals surface area (Å²) in [5, 5.41) is 0. The van der Waals surface area contributed by atoms with E-state index in [1.807, 2.05) is 54.6 Å². The van der Waals surface area contributed by atoms with Crippen LogP contribution >= 0.6 is 0 Å². The van der Waals surface area contributed by atoms with Gasteiger partial charge >= 0.3 is 0 Å². The van der Waals surface area contributed by atoms with Crippen molar-refractivity contribution in [3.8, 4) is 17.2 Å². The average Bonchev–Trinajstić information content (AvgIpc) is 2.38. The monoisotopic (exact) mass is 229 g/mol. The number of nitrogens with two attached hydrogens (primary N) is 1. The Morgan fingerprint density at radius 3 is 2.29 bits per heavy atom. The quantitative estimate of drug-likeness (QED) is 0.857. The van der Waals surface area contributed by atoms with Crippen LogP contribution in [-0.2, 0) is 0 Å². The molecule has 2 rings (SSSR count). The maximum absolute atomic E-state index is 5.69. The van der Waals surface area contributed by atoms with Gasteiger partial charge in [-0.25, -0.2) is 0 Å².